The quantitative estimate of drug-likeness (QED) is 0.580. The van der Waals surface area contributed by atoms with Crippen molar-refractivity contribution in [3.63, 3.8) is 0 Å². The molecule has 0 amide bonds. The summed E-state index contributed by atoms with van der Waals surface area (Å²) in [6.07, 6.45) is 1.01. The fourth-order valence-electron chi connectivity index (χ4n) is 1.68. The zero-order valence-electron chi connectivity index (χ0n) is 12.1. The second-order valence-electron chi connectivity index (χ2n) is 5.36. The van der Waals surface area contributed by atoms with Gasteiger partial charge in [-0.3, -0.25) is 10.1 Å². The standard InChI is InChI=1S/C14H23N3O2/c1-5-14(3,4)10-16-12-9-7-8-11(15-6-2)13(12)17(18)19/h7-9,15-16H,5-6,10H2,1-4H3. The summed E-state index contributed by atoms with van der Waals surface area (Å²) in [5.41, 5.74) is 1.37. The van der Waals surface area contributed by atoms with Gasteiger partial charge in [-0.2, -0.15) is 0 Å². The molecular formula is C14H23N3O2. The van der Waals surface area contributed by atoms with Gasteiger partial charge in [0.15, 0.2) is 0 Å². The van der Waals surface area contributed by atoms with Gasteiger partial charge in [0.2, 0.25) is 0 Å². The van der Waals surface area contributed by atoms with E-state index in [9.17, 15) is 10.1 Å². The van der Waals surface area contributed by atoms with Crippen molar-refractivity contribution >= 4 is 17.1 Å². The molecule has 0 aromatic heterocycles. The number of para-hydroxylation sites is 1. The number of hydrogen-bond donors (Lipinski definition) is 2. The minimum Gasteiger partial charge on any atom is -0.380 e. The van der Waals surface area contributed by atoms with E-state index in [1.54, 1.807) is 12.1 Å². The third kappa shape index (κ3) is 4.12. The average Bonchev–Trinajstić information content (AvgIpc) is 2.36. The number of nitrogens with zero attached hydrogens (tertiary/aromatic N) is 1. The summed E-state index contributed by atoms with van der Waals surface area (Å²) in [5, 5.41) is 17.5. The zero-order valence-corrected chi connectivity index (χ0v) is 12.1. The molecule has 0 fully saturated rings. The Morgan fingerprint density at radius 3 is 2.26 bits per heavy atom. The van der Waals surface area contributed by atoms with E-state index in [1.807, 2.05) is 13.0 Å². The van der Waals surface area contributed by atoms with Gasteiger partial charge in [0.25, 0.3) is 0 Å². The Bertz CT molecular complexity index is 444. The molecule has 0 atom stereocenters. The van der Waals surface area contributed by atoms with Crippen LogP contribution < -0.4 is 10.6 Å². The van der Waals surface area contributed by atoms with Gasteiger partial charge in [0.05, 0.1) is 4.92 Å². The highest BCUT2D eigenvalue weighted by atomic mass is 16.6. The summed E-state index contributed by atoms with van der Waals surface area (Å²) in [4.78, 5) is 10.9. The van der Waals surface area contributed by atoms with Crippen LogP contribution in [0, 0.1) is 15.5 Å². The largest absolute Gasteiger partial charge is 0.380 e. The van der Waals surface area contributed by atoms with Crippen LogP contribution in [0.25, 0.3) is 0 Å². The highest BCUT2D eigenvalue weighted by Gasteiger charge is 2.21. The molecule has 1 aromatic rings. The van der Waals surface area contributed by atoms with Crippen LogP contribution in [0.1, 0.15) is 34.1 Å². The van der Waals surface area contributed by atoms with E-state index in [0.717, 1.165) is 6.42 Å². The molecule has 0 aliphatic rings. The van der Waals surface area contributed by atoms with Crippen LogP contribution in [0.4, 0.5) is 17.1 Å². The van der Waals surface area contributed by atoms with Gasteiger partial charge in [-0.1, -0.05) is 26.8 Å². The molecule has 0 aliphatic carbocycles. The lowest BCUT2D eigenvalue weighted by Gasteiger charge is -2.23. The van der Waals surface area contributed by atoms with Crippen molar-refractivity contribution in [1.82, 2.24) is 0 Å². The van der Waals surface area contributed by atoms with E-state index < -0.39 is 0 Å². The summed E-state index contributed by atoms with van der Waals surface area (Å²) >= 11 is 0. The van der Waals surface area contributed by atoms with E-state index in [0.29, 0.717) is 24.5 Å². The number of anilines is 2. The predicted octanol–water partition coefficient (Wildman–Crippen LogP) is 3.87. The molecule has 106 valence electrons. The molecule has 0 saturated carbocycles. The van der Waals surface area contributed by atoms with Crippen molar-refractivity contribution in [2.75, 3.05) is 23.7 Å². The average molecular weight is 265 g/mol. The molecule has 1 rings (SSSR count). The molecule has 0 heterocycles. The van der Waals surface area contributed by atoms with Gasteiger partial charge < -0.3 is 10.6 Å². The molecule has 0 unspecified atom stereocenters. The number of benzene rings is 1. The van der Waals surface area contributed by atoms with Crippen LogP contribution in [0.5, 0.6) is 0 Å². The number of nitrogens with one attached hydrogen (secondary N) is 2. The Morgan fingerprint density at radius 1 is 1.21 bits per heavy atom. The summed E-state index contributed by atoms with van der Waals surface area (Å²) in [6.45, 7) is 9.68. The predicted molar refractivity (Wildman–Crippen MR) is 79.8 cm³/mol. The second kappa shape index (κ2) is 6.41. The van der Waals surface area contributed by atoms with Crippen molar-refractivity contribution < 1.29 is 4.92 Å². The maximum absolute atomic E-state index is 11.2. The summed E-state index contributed by atoms with van der Waals surface area (Å²) in [5.74, 6) is 0. The van der Waals surface area contributed by atoms with Crippen molar-refractivity contribution in [1.29, 1.82) is 0 Å². The Morgan fingerprint density at radius 2 is 1.79 bits per heavy atom. The molecule has 2 N–H and O–H groups in total. The smallest absolute Gasteiger partial charge is 0.315 e. The molecule has 0 bridgehead atoms. The lowest BCUT2D eigenvalue weighted by Crippen LogP contribution is -2.22. The molecule has 1 aromatic carbocycles. The first-order valence-corrected chi connectivity index (χ1v) is 6.66. The van der Waals surface area contributed by atoms with Gasteiger partial charge in [-0.15, -0.1) is 0 Å². The van der Waals surface area contributed by atoms with Crippen LogP contribution in [-0.4, -0.2) is 18.0 Å². The maximum atomic E-state index is 11.2. The van der Waals surface area contributed by atoms with Crippen molar-refractivity contribution in [3.05, 3.63) is 28.3 Å². The van der Waals surface area contributed by atoms with Crippen LogP contribution in [0.2, 0.25) is 0 Å². The molecule has 19 heavy (non-hydrogen) atoms. The normalized spacial score (nSPS) is 11.2. The zero-order chi connectivity index (χ0) is 14.5. The molecule has 0 aliphatic heterocycles. The first-order chi connectivity index (χ1) is 8.91. The van der Waals surface area contributed by atoms with Gasteiger partial charge in [-0.05, 0) is 30.9 Å². The monoisotopic (exact) mass is 265 g/mol. The van der Waals surface area contributed by atoms with Gasteiger partial charge >= 0.3 is 5.69 Å². The summed E-state index contributed by atoms with van der Waals surface area (Å²) in [6, 6.07) is 5.31. The molecule has 5 heteroatoms. The van der Waals surface area contributed by atoms with Crippen LogP contribution in [0.3, 0.4) is 0 Å². The minimum atomic E-state index is -0.334. The fraction of sp³-hybridized carbons (Fsp3) is 0.571. The van der Waals surface area contributed by atoms with E-state index in [4.69, 9.17) is 0 Å². The van der Waals surface area contributed by atoms with Crippen molar-refractivity contribution in [2.45, 2.75) is 34.1 Å². The maximum Gasteiger partial charge on any atom is 0.315 e. The van der Waals surface area contributed by atoms with Crippen molar-refractivity contribution in [3.8, 4) is 0 Å². The van der Waals surface area contributed by atoms with Crippen LogP contribution >= 0.6 is 0 Å². The Balaban J connectivity index is 3.00. The van der Waals surface area contributed by atoms with E-state index in [2.05, 4.69) is 31.4 Å². The van der Waals surface area contributed by atoms with Gasteiger partial charge in [0.1, 0.15) is 11.4 Å². The third-order valence-electron chi connectivity index (χ3n) is 3.30. The molecule has 0 spiro atoms. The first kappa shape index (κ1) is 15.3. The molecular weight excluding hydrogens is 242 g/mol. The third-order valence-corrected chi connectivity index (χ3v) is 3.30. The van der Waals surface area contributed by atoms with E-state index >= 15 is 0 Å². The Kier molecular flexibility index (Phi) is 5.15. The van der Waals surface area contributed by atoms with E-state index in [-0.39, 0.29) is 16.0 Å². The van der Waals surface area contributed by atoms with Gasteiger partial charge in [-0.25, -0.2) is 0 Å². The lowest BCUT2D eigenvalue weighted by atomic mass is 9.90. The van der Waals surface area contributed by atoms with E-state index in [1.165, 1.54) is 0 Å². The second-order valence-corrected chi connectivity index (χ2v) is 5.36. The Labute approximate surface area is 114 Å². The number of nitro groups is 1. The summed E-state index contributed by atoms with van der Waals surface area (Å²) < 4.78 is 0. The number of rotatable bonds is 7. The topological polar surface area (TPSA) is 67.2 Å². The molecule has 5 nitrogen and oxygen atoms in total. The van der Waals surface area contributed by atoms with Crippen LogP contribution in [-0.2, 0) is 0 Å². The van der Waals surface area contributed by atoms with Crippen LogP contribution in [0.15, 0.2) is 18.2 Å². The number of nitro benzene ring substituents is 1. The minimum absolute atomic E-state index is 0.113. The molecule has 0 radical (unpaired) electrons. The Hall–Kier alpha value is -1.78. The highest BCUT2D eigenvalue weighted by Crippen LogP contribution is 2.33. The lowest BCUT2D eigenvalue weighted by molar-refractivity contribution is -0.383. The molecule has 0 saturated heterocycles. The van der Waals surface area contributed by atoms with Gasteiger partial charge in [0, 0.05) is 13.1 Å². The van der Waals surface area contributed by atoms with Crippen molar-refractivity contribution in [2.24, 2.45) is 5.41 Å². The number of hydrogen-bond acceptors (Lipinski definition) is 4. The highest BCUT2D eigenvalue weighted by molar-refractivity contribution is 5.76. The first-order valence-electron chi connectivity index (χ1n) is 6.66. The summed E-state index contributed by atoms with van der Waals surface area (Å²) in [7, 11) is 0. The SMILES string of the molecule is CCNc1cccc(NCC(C)(C)CC)c1[N+](=O)[O-]. The fourth-order valence-corrected chi connectivity index (χ4v) is 1.68.